The minimum atomic E-state index is 0.308. The number of hydrogen-bond acceptors (Lipinski definition) is 6. The summed E-state index contributed by atoms with van der Waals surface area (Å²) in [5.41, 5.74) is 7.09. The molecule has 0 unspecified atom stereocenters. The van der Waals surface area contributed by atoms with Crippen molar-refractivity contribution in [2.75, 3.05) is 11.1 Å². The molecule has 0 amide bonds. The van der Waals surface area contributed by atoms with Crippen LogP contribution in [0.15, 0.2) is 16.9 Å². The van der Waals surface area contributed by atoms with Crippen LogP contribution in [0.3, 0.4) is 0 Å². The van der Waals surface area contributed by atoms with Gasteiger partial charge in [-0.3, -0.25) is 0 Å². The van der Waals surface area contributed by atoms with E-state index in [-0.39, 0.29) is 0 Å². The maximum absolute atomic E-state index is 5.96. The number of anilines is 3. The molecule has 3 aromatic rings. The summed E-state index contributed by atoms with van der Waals surface area (Å²) in [5.74, 6) is 1.30. The molecule has 0 bridgehead atoms. The van der Waals surface area contributed by atoms with Crippen LogP contribution in [-0.4, -0.2) is 20.1 Å². The van der Waals surface area contributed by atoms with E-state index in [2.05, 4.69) is 25.4 Å². The van der Waals surface area contributed by atoms with Gasteiger partial charge in [0.15, 0.2) is 5.76 Å². The summed E-state index contributed by atoms with van der Waals surface area (Å²) in [5, 5.41) is 7.74. The Morgan fingerprint density at radius 3 is 3.00 bits per heavy atom. The predicted molar refractivity (Wildman–Crippen MR) is 67.8 cm³/mol. The topological polar surface area (TPSA) is 106 Å². The molecule has 3 heterocycles. The fourth-order valence-corrected chi connectivity index (χ4v) is 1.86. The lowest BCUT2D eigenvalue weighted by Crippen LogP contribution is -2.01. The van der Waals surface area contributed by atoms with E-state index in [0.717, 1.165) is 0 Å². The summed E-state index contributed by atoms with van der Waals surface area (Å²) in [4.78, 5) is 11.3. The lowest BCUT2D eigenvalue weighted by atomic mass is 10.4. The predicted octanol–water partition coefficient (Wildman–Crippen LogP) is 2.23. The lowest BCUT2D eigenvalue weighted by Gasteiger charge is -2.04. The van der Waals surface area contributed by atoms with Crippen molar-refractivity contribution in [3.05, 3.63) is 23.2 Å². The van der Waals surface area contributed by atoms with Crippen molar-refractivity contribution in [3.8, 4) is 0 Å². The van der Waals surface area contributed by atoms with Crippen molar-refractivity contribution in [3.63, 3.8) is 0 Å². The molecule has 3 rings (SSSR count). The van der Waals surface area contributed by atoms with Gasteiger partial charge in [-0.1, -0.05) is 16.8 Å². The quantitative estimate of drug-likeness (QED) is 0.655. The molecule has 92 valence electrons. The zero-order valence-corrected chi connectivity index (χ0v) is 10.1. The Labute approximate surface area is 106 Å². The Kier molecular flexibility index (Phi) is 2.34. The fraction of sp³-hybridized carbons (Fsp3) is 0.100. The van der Waals surface area contributed by atoms with Crippen LogP contribution in [0.4, 0.5) is 17.5 Å². The third-order valence-corrected chi connectivity index (χ3v) is 2.81. The van der Waals surface area contributed by atoms with Crippen molar-refractivity contribution in [1.29, 1.82) is 0 Å². The summed E-state index contributed by atoms with van der Waals surface area (Å²) in [6, 6.07) is 0. The Balaban J connectivity index is 2.06. The minimum Gasteiger partial charge on any atom is -0.383 e. The smallest absolute Gasteiger partial charge is 0.231 e. The van der Waals surface area contributed by atoms with E-state index in [1.807, 2.05) is 0 Å². The van der Waals surface area contributed by atoms with Gasteiger partial charge in [-0.25, -0.2) is 0 Å². The Morgan fingerprint density at radius 2 is 2.28 bits per heavy atom. The first-order valence-electron chi connectivity index (χ1n) is 5.13. The van der Waals surface area contributed by atoms with Crippen molar-refractivity contribution in [2.45, 2.75) is 6.92 Å². The highest BCUT2D eigenvalue weighted by Crippen LogP contribution is 2.28. The number of nitrogens with zero attached hydrogens (tertiary/aromatic N) is 3. The lowest BCUT2D eigenvalue weighted by molar-refractivity contribution is 0.398. The summed E-state index contributed by atoms with van der Waals surface area (Å²) in [6.45, 7) is 1.78. The van der Waals surface area contributed by atoms with Crippen LogP contribution in [0.25, 0.3) is 11.0 Å². The van der Waals surface area contributed by atoms with Crippen molar-refractivity contribution < 1.29 is 4.52 Å². The molecular weight excluding hydrogens is 256 g/mol. The second kappa shape index (κ2) is 3.88. The van der Waals surface area contributed by atoms with Crippen molar-refractivity contribution >= 4 is 40.1 Å². The number of aryl methyl sites for hydroxylation is 1. The summed E-state index contributed by atoms with van der Waals surface area (Å²) < 4.78 is 4.93. The molecule has 8 heteroatoms. The molecule has 0 fully saturated rings. The second-order valence-electron chi connectivity index (χ2n) is 3.71. The first kappa shape index (κ1) is 10.8. The number of H-pyrrole nitrogens is 1. The summed E-state index contributed by atoms with van der Waals surface area (Å²) in [7, 11) is 0. The van der Waals surface area contributed by atoms with E-state index < -0.39 is 0 Å². The minimum absolute atomic E-state index is 0.308. The molecule has 4 N–H and O–H groups in total. The van der Waals surface area contributed by atoms with Crippen LogP contribution in [0.2, 0.25) is 5.02 Å². The van der Waals surface area contributed by atoms with Gasteiger partial charge in [-0.15, -0.1) is 0 Å². The third-order valence-electron chi connectivity index (χ3n) is 2.51. The number of halogens is 1. The van der Waals surface area contributed by atoms with E-state index in [0.29, 0.717) is 39.3 Å². The number of nitrogens with one attached hydrogen (secondary N) is 2. The largest absolute Gasteiger partial charge is 0.383 e. The van der Waals surface area contributed by atoms with E-state index in [9.17, 15) is 0 Å². The molecule has 18 heavy (non-hydrogen) atoms. The zero-order chi connectivity index (χ0) is 12.7. The van der Waals surface area contributed by atoms with Gasteiger partial charge in [0, 0.05) is 6.20 Å². The van der Waals surface area contributed by atoms with E-state index in [1.165, 1.54) is 0 Å². The number of fused-ring (bicyclic) bond motifs is 1. The second-order valence-corrected chi connectivity index (χ2v) is 4.12. The van der Waals surface area contributed by atoms with Crippen LogP contribution >= 0.6 is 11.6 Å². The zero-order valence-electron chi connectivity index (χ0n) is 9.36. The van der Waals surface area contributed by atoms with Crippen LogP contribution in [0.5, 0.6) is 0 Å². The monoisotopic (exact) mass is 264 g/mol. The van der Waals surface area contributed by atoms with E-state index in [1.54, 1.807) is 19.3 Å². The molecular formula is C10H9ClN6O. The Hall–Kier alpha value is -2.28. The van der Waals surface area contributed by atoms with Gasteiger partial charge in [0.05, 0.1) is 16.6 Å². The van der Waals surface area contributed by atoms with Crippen LogP contribution in [-0.2, 0) is 0 Å². The van der Waals surface area contributed by atoms with Gasteiger partial charge < -0.3 is 20.6 Å². The number of nitrogens with two attached hydrogens (primary N) is 1. The first-order chi connectivity index (χ1) is 8.65. The van der Waals surface area contributed by atoms with Gasteiger partial charge in [-0.05, 0) is 6.92 Å². The Bertz CT molecular complexity index is 718. The van der Waals surface area contributed by atoms with Crippen LogP contribution < -0.4 is 11.1 Å². The highest BCUT2D eigenvalue weighted by atomic mass is 35.5. The summed E-state index contributed by atoms with van der Waals surface area (Å²) in [6.07, 6.45) is 3.16. The molecule has 0 atom stereocenters. The van der Waals surface area contributed by atoms with Gasteiger partial charge >= 0.3 is 0 Å². The average Bonchev–Trinajstić information content (AvgIpc) is 2.87. The van der Waals surface area contributed by atoms with Gasteiger partial charge in [0.2, 0.25) is 5.95 Å². The normalized spacial score (nSPS) is 11.0. The molecule has 0 aliphatic rings. The molecule has 3 aromatic heterocycles. The van der Waals surface area contributed by atoms with E-state index in [4.69, 9.17) is 21.9 Å². The highest BCUT2D eigenvalue weighted by Gasteiger charge is 2.12. The number of aromatic nitrogens is 4. The average molecular weight is 265 g/mol. The van der Waals surface area contributed by atoms with Gasteiger partial charge in [-0.2, -0.15) is 9.97 Å². The van der Waals surface area contributed by atoms with Crippen molar-refractivity contribution in [1.82, 2.24) is 20.1 Å². The molecule has 0 spiro atoms. The molecule has 0 aromatic carbocycles. The summed E-state index contributed by atoms with van der Waals surface area (Å²) >= 11 is 5.96. The van der Waals surface area contributed by atoms with Gasteiger partial charge in [0.1, 0.15) is 17.2 Å². The Morgan fingerprint density at radius 1 is 1.44 bits per heavy atom. The standard InChI is InChI=1S/C10H9ClN6O/c1-4-6(3-14-18-4)15-10-16-8(12)7-5(11)2-13-9(7)17-10/h2-3H,1H3,(H4,12,13,15,16,17). The van der Waals surface area contributed by atoms with Crippen LogP contribution in [0, 0.1) is 6.92 Å². The maximum Gasteiger partial charge on any atom is 0.231 e. The van der Waals surface area contributed by atoms with Gasteiger partial charge in [0.25, 0.3) is 0 Å². The molecule has 0 saturated heterocycles. The highest BCUT2D eigenvalue weighted by molar-refractivity contribution is 6.36. The SMILES string of the molecule is Cc1oncc1Nc1nc(N)c2c(Cl)c[nH]c2n1. The number of rotatable bonds is 2. The third kappa shape index (κ3) is 1.65. The van der Waals surface area contributed by atoms with E-state index >= 15 is 0 Å². The first-order valence-corrected chi connectivity index (χ1v) is 5.51. The maximum atomic E-state index is 5.96. The molecule has 0 aliphatic heterocycles. The number of aromatic amines is 1. The molecule has 7 nitrogen and oxygen atoms in total. The number of nitrogen functional groups attached to an aromatic ring is 1. The molecule has 0 aliphatic carbocycles. The van der Waals surface area contributed by atoms with Crippen molar-refractivity contribution in [2.24, 2.45) is 0 Å². The molecule has 0 saturated carbocycles. The number of hydrogen-bond donors (Lipinski definition) is 3. The fourth-order valence-electron chi connectivity index (χ4n) is 1.62. The van der Waals surface area contributed by atoms with Crippen LogP contribution in [0.1, 0.15) is 5.76 Å². The molecule has 0 radical (unpaired) electrons.